The molecule has 0 aliphatic rings. The molecule has 1 N–H and O–H groups in total. The average Bonchev–Trinajstić information content (AvgIpc) is 2.80. The molecule has 0 saturated heterocycles. The van der Waals surface area contributed by atoms with Gasteiger partial charge in [-0.3, -0.25) is 20.1 Å². The molecule has 0 radical (unpaired) electrons. The van der Waals surface area contributed by atoms with Crippen LogP contribution in [0.5, 0.6) is 5.75 Å². The Morgan fingerprint density at radius 1 is 1.06 bits per heavy atom. The summed E-state index contributed by atoms with van der Waals surface area (Å²) in [6, 6.07) is 10.6. The van der Waals surface area contributed by atoms with Crippen molar-refractivity contribution in [2.75, 3.05) is 11.9 Å². The Labute approximate surface area is 181 Å². The molecule has 160 valence electrons. The van der Waals surface area contributed by atoms with Crippen molar-refractivity contribution >= 4 is 28.7 Å². The number of fused-ring (bicyclic) bond motifs is 1. The van der Waals surface area contributed by atoms with Crippen molar-refractivity contribution in [3.8, 4) is 17.1 Å². The largest absolute Gasteiger partial charge is 0.454 e. The lowest BCUT2D eigenvalue weighted by Gasteiger charge is -2.13. The summed E-state index contributed by atoms with van der Waals surface area (Å²) in [5.41, 5.74) is 0.917. The van der Waals surface area contributed by atoms with Crippen molar-refractivity contribution in [2.45, 2.75) is 6.92 Å². The Kier molecular flexibility index (Phi) is 5.89. The summed E-state index contributed by atoms with van der Waals surface area (Å²) in [6.07, 6.45) is 5.14. The average molecular weight is 431 g/mol. The van der Waals surface area contributed by atoms with Gasteiger partial charge in [0, 0.05) is 36.3 Å². The molecule has 0 saturated carbocycles. The van der Waals surface area contributed by atoms with Crippen LogP contribution in [0.4, 0.5) is 10.5 Å². The van der Waals surface area contributed by atoms with Crippen LogP contribution in [-0.4, -0.2) is 28.6 Å². The van der Waals surface area contributed by atoms with Crippen LogP contribution >= 0.6 is 0 Å². The third-order valence-corrected chi connectivity index (χ3v) is 4.41. The van der Waals surface area contributed by atoms with Crippen LogP contribution in [0.3, 0.4) is 0 Å². The van der Waals surface area contributed by atoms with E-state index in [2.05, 4.69) is 15.3 Å². The first-order chi connectivity index (χ1) is 15.5. The minimum absolute atomic E-state index is 0.160. The van der Waals surface area contributed by atoms with E-state index < -0.39 is 12.1 Å². The van der Waals surface area contributed by atoms with Crippen molar-refractivity contribution in [1.29, 1.82) is 0 Å². The minimum atomic E-state index is -0.714. The highest BCUT2D eigenvalue weighted by molar-refractivity contribution is 5.93. The molecule has 1 amide bonds. The van der Waals surface area contributed by atoms with Gasteiger partial charge in [0.2, 0.25) is 0 Å². The number of amides is 1. The summed E-state index contributed by atoms with van der Waals surface area (Å²) in [6.45, 7) is 1.83. The molecule has 9 heteroatoms. The first-order valence-electron chi connectivity index (χ1n) is 9.63. The number of aromatic nitrogens is 2. The van der Waals surface area contributed by atoms with Gasteiger partial charge in [0.1, 0.15) is 11.5 Å². The van der Waals surface area contributed by atoms with Crippen LogP contribution in [-0.2, 0) is 4.74 Å². The van der Waals surface area contributed by atoms with Gasteiger partial charge in [-0.1, -0.05) is 0 Å². The number of esters is 1. The molecule has 0 fully saturated rings. The molecule has 0 unspecified atom stereocenters. The summed E-state index contributed by atoms with van der Waals surface area (Å²) in [4.78, 5) is 44.8. The Morgan fingerprint density at radius 3 is 2.69 bits per heavy atom. The third-order valence-electron chi connectivity index (χ3n) is 4.41. The summed E-state index contributed by atoms with van der Waals surface area (Å²) < 4.78 is 16.2. The maximum Gasteiger partial charge on any atom is 0.411 e. The van der Waals surface area contributed by atoms with Gasteiger partial charge < -0.3 is 13.9 Å². The number of pyridine rings is 2. The molecule has 4 rings (SSSR count). The van der Waals surface area contributed by atoms with E-state index in [1.807, 2.05) is 0 Å². The number of hydrogen-bond acceptors (Lipinski definition) is 8. The molecular formula is C23H17N3O6. The van der Waals surface area contributed by atoms with Gasteiger partial charge in [-0.2, -0.15) is 0 Å². The van der Waals surface area contributed by atoms with Gasteiger partial charge in [0.25, 0.3) is 0 Å². The lowest BCUT2D eigenvalue weighted by atomic mass is 10.1. The van der Waals surface area contributed by atoms with Gasteiger partial charge >= 0.3 is 12.1 Å². The van der Waals surface area contributed by atoms with Gasteiger partial charge in [-0.25, -0.2) is 9.59 Å². The smallest absolute Gasteiger partial charge is 0.411 e. The van der Waals surface area contributed by atoms with Crippen LogP contribution in [0.25, 0.3) is 22.3 Å². The van der Waals surface area contributed by atoms with E-state index in [0.717, 1.165) is 0 Å². The summed E-state index contributed by atoms with van der Waals surface area (Å²) in [7, 11) is 0. The summed E-state index contributed by atoms with van der Waals surface area (Å²) in [5.74, 6) is -0.247. The predicted molar refractivity (Wildman–Crippen MR) is 116 cm³/mol. The highest BCUT2D eigenvalue weighted by Crippen LogP contribution is 2.33. The fourth-order valence-electron chi connectivity index (χ4n) is 2.97. The predicted octanol–water partition coefficient (Wildman–Crippen LogP) is 4.04. The zero-order valence-electron chi connectivity index (χ0n) is 16.9. The van der Waals surface area contributed by atoms with Crippen molar-refractivity contribution in [3.63, 3.8) is 0 Å². The van der Waals surface area contributed by atoms with E-state index in [1.54, 1.807) is 37.4 Å². The van der Waals surface area contributed by atoms with E-state index in [-0.39, 0.29) is 34.8 Å². The molecule has 32 heavy (non-hydrogen) atoms. The lowest BCUT2D eigenvalue weighted by molar-refractivity contribution is 0.0734. The number of benzene rings is 1. The Morgan fingerprint density at radius 2 is 1.91 bits per heavy atom. The van der Waals surface area contributed by atoms with Crippen molar-refractivity contribution < 1.29 is 23.5 Å². The molecule has 0 aliphatic carbocycles. The lowest BCUT2D eigenvalue weighted by Crippen LogP contribution is -2.15. The topological polar surface area (TPSA) is 121 Å². The highest BCUT2D eigenvalue weighted by Gasteiger charge is 2.16. The van der Waals surface area contributed by atoms with Gasteiger partial charge in [0.15, 0.2) is 11.0 Å². The zero-order chi connectivity index (χ0) is 22.5. The number of nitrogens with zero attached hydrogens (tertiary/aromatic N) is 2. The molecule has 3 aromatic heterocycles. The SMILES string of the molecule is CCOC(=O)Nc1cc(OC(=O)c2cccnc2)ccc1-c1cc(=O)c2ccncc2o1. The molecule has 0 bridgehead atoms. The van der Waals surface area contributed by atoms with Crippen molar-refractivity contribution in [2.24, 2.45) is 0 Å². The normalized spacial score (nSPS) is 10.5. The quantitative estimate of drug-likeness (QED) is 0.371. The van der Waals surface area contributed by atoms with E-state index in [1.165, 1.54) is 36.8 Å². The molecule has 0 spiro atoms. The number of hydrogen-bond donors (Lipinski definition) is 1. The van der Waals surface area contributed by atoms with Crippen molar-refractivity contribution in [1.82, 2.24) is 9.97 Å². The van der Waals surface area contributed by atoms with E-state index in [4.69, 9.17) is 13.9 Å². The third kappa shape index (κ3) is 4.46. The molecule has 0 aliphatic heterocycles. The molecular weight excluding hydrogens is 414 g/mol. The fourth-order valence-corrected chi connectivity index (χ4v) is 2.97. The number of rotatable bonds is 5. The standard InChI is InChI=1S/C23H17N3O6/c1-2-30-23(29)26-18-10-15(31-22(28)14-4-3-8-24-12-14)5-6-16(18)20-11-19(27)17-7-9-25-13-21(17)32-20/h3-13H,2H2,1H3,(H,26,29). The Balaban J connectivity index is 1.74. The second kappa shape index (κ2) is 9.09. The second-order valence-electron chi connectivity index (χ2n) is 6.53. The molecule has 1 aromatic carbocycles. The minimum Gasteiger partial charge on any atom is -0.454 e. The maximum absolute atomic E-state index is 12.5. The summed E-state index contributed by atoms with van der Waals surface area (Å²) >= 11 is 0. The van der Waals surface area contributed by atoms with Gasteiger partial charge in [0.05, 0.1) is 29.4 Å². The van der Waals surface area contributed by atoms with Crippen molar-refractivity contribution in [3.05, 3.63) is 83.0 Å². The van der Waals surface area contributed by atoms with Crippen LogP contribution < -0.4 is 15.5 Å². The number of carbonyl (C=O) groups excluding carboxylic acids is 2. The maximum atomic E-state index is 12.5. The molecule has 4 aromatic rings. The van der Waals surface area contributed by atoms with Crippen LogP contribution in [0.2, 0.25) is 0 Å². The summed E-state index contributed by atoms with van der Waals surface area (Å²) in [5, 5.41) is 2.97. The van der Waals surface area contributed by atoms with E-state index >= 15 is 0 Å². The Hall–Kier alpha value is -4.53. The first kappa shape index (κ1) is 20.7. The Bertz CT molecular complexity index is 1350. The molecule has 0 atom stereocenters. The van der Waals surface area contributed by atoms with E-state index in [0.29, 0.717) is 16.5 Å². The number of nitrogens with one attached hydrogen (secondary N) is 1. The second-order valence-corrected chi connectivity index (χ2v) is 6.53. The van der Waals surface area contributed by atoms with Crippen LogP contribution in [0.1, 0.15) is 17.3 Å². The zero-order valence-corrected chi connectivity index (χ0v) is 16.9. The van der Waals surface area contributed by atoms with Crippen LogP contribution in [0.15, 0.2) is 76.5 Å². The number of ether oxygens (including phenoxy) is 2. The first-order valence-corrected chi connectivity index (χ1v) is 9.63. The van der Waals surface area contributed by atoms with Crippen LogP contribution in [0, 0.1) is 0 Å². The van der Waals surface area contributed by atoms with Gasteiger partial charge in [-0.05, 0) is 37.3 Å². The highest BCUT2D eigenvalue weighted by atomic mass is 16.5. The van der Waals surface area contributed by atoms with Gasteiger partial charge in [-0.15, -0.1) is 0 Å². The number of anilines is 1. The molecule has 9 nitrogen and oxygen atoms in total. The monoisotopic (exact) mass is 431 g/mol. The van der Waals surface area contributed by atoms with E-state index in [9.17, 15) is 14.4 Å². The molecule has 3 heterocycles. The fraction of sp³-hybridized carbons (Fsp3) is 0.0870. The number of carbonyl (C=O) groups is 2.